The Balaban J connectivity index is 3.11. The van der Waals surface area contributed by atoms with E-state index in [2.05, 4.69) is 85.7 Å². The van der Waals surface area contributed by atoms with E-state index in [9.17, 15) is 0 Å². The molecule has 0 aromatic heterocycles. The molecular weight excluding hydrogens is 332 g/mol. The van der Waals surface area contributed by atoms with Gasteiger partial charge < -0.3 is 8.85 Å². The average molecular weight is 371 g/mol. The van der Waals surface area contributed by atoms with Gasteiger partial charge in [0.1, 0.15) is 11.5 Å². The predicted octanol–water partition coefficient (Wildman–Crippen LogP) is 6.74. The van der Waals surface area contributed by atoms with E-state index in [0.717, 1.165) is 11.5 Å². The second-order valence-electron chi connectivity index (χ2n) is 9.67. The standard InChI is InChI=1S/C18H38O2Si3/c1-14(2)22(8,9)19-17-12-16(21(5,6)7)13-18(17)20-23(10,11)15(3)4/h12-16H,1-11H3. The molecule has 0 aromatic rings. The van der Waals surface area contributed by atoms with Crippen LogP contribution in [0.1, 0.15) is 27.7 Å². The van der Waals surface area contributed by atoms with Crippen molar-refractivity contribution >= 4 is 24.7 Å². The Kier molecular flexibility index (Phi) is 6.25. The SMILES string of the molecule is CC(C)[Si](C)(C)OC1=CC([Si](C)(C)C)C=C1O[Si](C)(C)C(C)C. The van der Waals surface area contributed by atoms with Crippen LogP contribution in [0.3, 0.4) is 0 Å². The second-order valence-corrected chi connectivity index (χ2v) is 24.2. The molecule has 0 radical (unpaired) electrons. The van der Waals surface area contributed by atoms with Gasteiger partial charge in [0, 0.05) is 0 Å². The number of allylic oxidation sites excluding steroid dienone is 2. The van der Waals surface area contributed by atoms with Crippen LogP contribution in [0.2, 0.25) is 62.5 Å². The molecule has 2 nitrogen and oxygen atoms in total. The van der Waals surface area contributed by atoms with Gasteiger partial charge in [0.2, 0.25) is 16.6 Å². The van der Waals surface area contributed by atoms with Crippen molar-refractivity contribution < 1.29 is 8.85 Å². The topological polar surface area (TPSA) is 18.5 Å². The maximum absolute atomic E-state index is 6.58. The highest BCUT2D eigenvalue weighted by Crippen LogP contribution is 2.40. The number of hydrogen-bond donors (Lipinski definition) is 0. The Morgan fingerprint density at radius 1 is 0.696 bits per heavy atom. The van der Waals surface area contributed by atoms with Crippen molar-refractivity contribution in [1.29, 1.82) is 0 Å². The van der Waals surface area contributed by atoms with Crippen LogP contribution < -0.4 is 0 Å². The van der Waals surface area contributed by atoms with Gasteiger partial charge in [-0.15, -0.1) is 0 Å². The van der Waals surface area contributed by atoms with Gasteiger partial charge in [-0.3, -0.25) is 0 Å². The fraction of sp³-hybridized carbons (Fsp3) is 0.778. The summed E-state index contributed by atoms with van der Waals surface area (Å²) in [4.78, 5) is 0. The Labute approximate surface area is 147 Å². The molecule has 0 fully saturated rings. The number of hydrogen-bond acceptors (Lipinski definition) is 2. The molecule has 0 N–H and O–H groups in total. The van der Waals surface area contributed by atoms with Gasteiger partial charge in [0.15, 0.2) is 0 Å². The first-order valence-electron chi connectivity index (χ1n) is 8.99. The summed E-state index contributed by atoms with van der Waals surface area (Å²) in [6, 6.07) is 0. The third-order valence-electron chi connectivity index (χ3n) is 5.43. The lowest BCUT2D eigenvalue weighted by Crippen LogP contribution is -2.36. The molecule has 0 bridgehead atoms. The molecule has 0 heterocycles. The van der Waals surface area contributed by atoms with Gasteiger partial charge in [0.25, 0.3) is 0 Å². The molecule has 0 aromatic carbocycles. The normalized spacial score (nSPS) is 17.6. The zero-order valence-corrected chi connectivity index (χ0v) is 20.2. The summed E-state index contributed by atoms with van der Waals surface area (Å²) in [5.74, 6) is 2.06. The maximum atomic E-state index is 6.58. The Morgan fingerprint density at radius 2 is 1.00 bits per heavy atom. The van der Waals surface area contributed by atoms with E-state index in [4.69, 9.17) is 8.85 Å². The van der Waals surface area contributed by atoms with E-state index in [-0.39, 0.29) is 0 Å². The molecule has 1 aliphatic rings. The summed E-state index contributed by atoms with van der Waals surface area (Å²) in [6.45, 7) is 25.6. The lowest BCUT2D eigenvalue weighted by atomic mass is 10.5. The Bertz CT molecular complexity index is 445. The summed E-state index contributed by atoms with van der Waals surface area (Å²) in [5, 5.41) is 0. The summed E-state index contributed by atoms with van der Waals surface area (Å²) < 4.78 is 13.2. The fourth-order valence-electron chi connectivity index (χ4n) is 2.01. The highest BCUT2D eigenvalue weighted by atomic mass is 28.4. The monoisotopic (exact) mass is 370 g/mol. The third-order valence-corrected chi connectivity index (χ3v) is 14.8. The van der Waals surface area contributed by atoms with Gasteiger partial charge in [-0.1, -0.05) is 47.3 Å². The van der Waals surface area contributed by atoms with Gasteiger partial charge in [0.05, 0.1) is 8.07 Å². The summed E-state index contributed by atoms with van der Waals surface area (Å²) >= 11 is 0. The second kappa shape index (κ2) is 6.92. The van der Waals surface area contributed by atoms with E-state index < -0.39 is 24.7 Å². The van der Waals surface area contributed by atoms with Gasteiger partial charge in [-0.05, 0) is 55.0 Å². The van der Waals surface area contributed by atoms with Crippen LogP contribution in [0.15, 0.2) is 23.7 Å². The lowest BCUT2D eigenvalue weighted by molar-refractivity contribution is 0.333. The highest BCUT2D eigenvalue weighted by molar-refractivity contribution is 6.78. The van der Waals surface area contributed by atoms with Crippen LogP contribution in [0, 0.1) is 0 Å². The first-order chi connectivity index (χ1) is 10.2. The number of rotatable bonds is 7. The first-order valence-corrected chi connectivity index (χ1v) is 18.5. The molecule has 0 amide bonds. The zero-order chi connectivity index (χ0) is 18.2. The third kappa shape index (κ3) is 5.36. The van der Waals surface area contributed by atoms with E-state index in [1.54, 1.807) is 0 Å². The molecule has 0 saturated carbocycles. The first kappa shape index (κ1) is 20.8. The molecule has 23 heavy (non-hydrogen) atoms. The van der Waals surface area contributed by atoms with Crippen molar-refractivity contribution in [1.82, 2.24) is 0 Å². The minimum absolute atomic E-state index is 0.515. The predicted molar refractivity (Wildman–Crippen MR) is 111 cm³/mol. The summed E-state index contributed by atoms with van der Waals surface area (Å²) in [7, 11) is -4.77. The molecule has 1 rings (SSSR count). The zero-order valence-electron chi connectivity index (χ0n) is 17.2. The Hall–Kier alpha value is -0.269. The van der Waals surface area contributed by atoms with E-state index >= 15 is 0 Å². The highest BCUT2D eigenvalue weighted by Gasteiger charge is 2.38. The molecule has 134 valence electrons. The van der Waals surface area contributed by atoms with Gasteiger partial charge in [-0.2, -0.15) is 0 Å². The maximum Gasteiger partial charge on any atom is 0.247 e. The quantitative estimate of drug-likeness (QED) is 0.462. The van der Waals surface area contributed by atoms with Crippen molar-refractivity contribution in [3.63, 3.8) is 0 Å². The fourth-order valence-corrected chi connectivity index (χ4v) is 5.25. The van der Waals surface area contributed by atoms with Crippen LogP contribution in [-0.2, 0) is 8.85 Å². The van der Waals surface area contributed by atoms with Crippen molar-refractivity contribution in [3.8, 4) is 0 Å². The molecule has 0 atom stereocenters. The molecule has 0 unspecified atom stereocenters. The van der Waals surface area contributed by atoms with Crippen molar-refractivity contribution in [2.75, 3.05) is 0 Å². The van der Waals surface area contributed by atoms with Crippen molar-refractivity contribution in [2.24, 2.45) is 0 Å². The van der Waals surface area contributed by atoms with Crippen LogP contribution in [0.5, 0.6) is 0 Å². The molecule has 5 heteroatoms. The van der Waals surface area contributed by atoms with Gasteiger partial charge >= 0.3 is 0 Å². The minimum Gasteiger partial charge on any atom is -0.542 e. The van der Waals surface area contributed by atoms with Gasteiger partial charge in [-0.25, -0.2) is 0 Å². The van der Waals surface area contributed by atoms with E-state index in [0.29, 0.717) is 16.6 Å². The Morgan fingerprint density at radius 3 is 1.22 bits per heavy atom. The summed E-state index contributed by atoms with van der Waals surface area (Å²) in [6.07, 6.45) is 4.70. The molecule has 0 aliphatic heterocycles. The van der Waals surface area contributed by atoms with E-state index in [1.165, 1.54) is 0 Å². The van der Waals surface area contributed by atoms with Crippen molar-refractivity contribution in [3.05, 3.63) is 23.7 Å². The van der Waals surface area contributed by atoms with Crippen LogP contribution in [0.25, 0.3) is 0 Å². The van der Waals surface area contributed by atoms with Crippen LogP contribution in [0.4, 0.5) is 0 Å². The van der Waals surface area contributed by atoms with Crippen molar-refractivity contribution in [2.45, 2.75) is 90.1 Å². The lowest BCUT2D eigenvalue weighted by Gasteiger charge is -2.33. The minimum atomic E-state index is -1.74. The molecule has 0 spiro atoms. The molecule has 1 aliphatic carbocycles. The summed E-state index contributed by atoms with van der Waals surface area (Å²) in [5.41, 5.74) is 1.69. The largest absolute Gasteiger partial charge is 0.542 e. The molecular formula is C18H38O2Si3. The van der Waals surface area contributed by atoms with E-state index in [1.807, 2.05) is 0 Å². The molecule has 0 saturated heterocycles. The smallest absolute Gasteiger partial charge is 0.247 e. The van der Waals surface area contributed by atoms with Crippen LogP contribution in [-0.4, -0.2) is 24.7 Å². The average Bonchev–Trinajstić information content (AvgIpc) is 2.70. The van der Waals surface area contributed by atoms with Crippen LogP contribution >= 0.6 is 0 Å².